The molecule has 2 heterocycles. The lowest BCUT2D eigenvalue weighted by Crippen LogP contribution is -2.15. The van der Waals surface area contributed by atoms with Gasteiger partial charge >= 0.3 is 0 Å². The van der Waals surface area contributed by atoms with Gasteiger partial charge in [-0.25, -0.2) is 4.98 Å². The molecule has 0 aliphatic heterocycles. The smallest absolute Gasteiger partial charge is 0.204 e. The van der Waals surface area contributed by atoms with Gasteiger partial charge in [0.15, 0.2) is 0 Å². The van der Waals surface area contributed by atoms with Crippen molar-refractivity contribution in [3.05, 3.63) is 39.8 Å². The molecule has 0 fully saturated rings. The minimum absolute atomic E-state index is 0.207. The molecule has 30 heavy (non-hydrogen) atoms. The van der Waals surface area contributed by atoms with Gasteiger partial charge in [-0.1, -0.05) is 27.7 Å². The van der Waals surface area contributed by atoms with Crippen LogP contribution in [-0.4, -0.2) is 32.3 Å². The van der Waals surface area contributed by atoms with Crippen molar-refractivity contribution in [3.63, 3.8) is 0 Å². The molecule has 2 aromatic heterocycles. The lowest BCUT2D eigenvalue weighted by Gasteiger charge is -2.24. The Bertz CT molecular complexity index is 960. The van der Waals surface area contributed by atoms with Gasteiger partial charge in [0.25, 0.3) is 0 Å². The zero-order chi connectivity index (χ0) is 21.7. The molecule has 3 rings (SSSR count). The normalized spacial score (nSPS) is 12.0. The lowest BCUT2D eigenvalue weighted by molar-refractivity contribution is 0.319. The number of tetrazole rings is 1. The average Bonchev–Trinajstić information content (AvgIpc) is 3.37. The van der Waals surface area contributed by atoms with Crippen LogP contribution in [0.1, 0.15) is 69.6 Å². The highest BCUT2D eigenvalue weighted by Crippen LogP contribution is 2.32. The Hall–Kier alpha value is -2.28. The van der Waals surface area contributed by atoms with Crippen LogP contribution in [0.4, 0.5) is 0 Å². The van der Waals surface area contributed by atoms with E-state index in [1.807, 2.05) is 19.1 Å². The second kappa shape index (κ2) is 9.69. The van der Waals surface area contributed by atoms with Crippen LogP contribution in [0.3, 0.4) is 0 Å². The number of hydrogen-bond acceptors (Lipinski definition) is 6. The maximum Gasteiger partial charge on any atom is 0.204 e. The Morgan fingerprint density at radius 2 is 2.03 bits per heavy atom. The zero-order valence-corrected chi connectivity index (χ0v) is 19.8. The molecule has 0 aliphatic rings. The van der Waals surface area contributed by atoms with E-state index in [-0.39, 0.29) is 5.41 Å². The number of aryl methyl sites for hydroxylation is 2. The number of benzene rings is 1. The predicted molar refractivity (Wildman–Crippen MR) is 122 cm³/mol. The maximum absolute atomic E-state index is 5.60. The molecule has 0 aliphatic carbocycles. The lowest BCUT2D eigenvalue weighted by atomic mass is 9.82. The van der Waals surface area contributed by atoms with E-state index in [0.717, 1.165) is 37.0 Å². The van der Waals surface area contributed by atoms with Gasteiger partial charge in [0.2, 0.25) is 5.82 Å². The van der Waals surface area contributed by atoms with Gasteiger partial charge in [-0.15, -0.1) is 21.5 Å². The van der Waals surface area contributed by atoms with Crippen molar-refractivity contribution in [1.82, 2.24) is 25.2 Å². The van der Waals surface area contributed by atoms with E-state index < -0.39 is 0 Å². The summed E-state index contributed by atoms with van der Waals surface area (Å²) in [7, 11) is 1.72. The second-order valence-electron chi connectivity index (χ2n) is 8.85. The summed E-state index contributed by atoms with van der Waals surface area (Å²) in [5.41, 5.74) is 3.60. The average molecular weight is 428 g/mol. The summed E-state index contributed by atoms with van der Waals surface area (Å²) in [5, 5.41) is 16.1. The number of aromatic nitrogens is 5. The van der Waals surface area contributed by atoms with Crippen LogP contribution in [0.25, 0.3) is 11.4 Å². The van der Waals surface area contributed by atoms with Gasteiger partial charge in [0, 0.05) is 16.9 Å². The molecule has 0 amide bonds. The highest BCUT2D eigenvalue weighted by molar-refractivity contribution is 7.09. The number of methoxy groups -OCH3 is 1. The summed E-state index contributed by atoms with van der Waals surface area (Å²) >= 11 is 1.78. The Morgan fingerprint density at radius 3 is 2.67 bits per heavy atom. The molecule has 1 aromatic carbocycles. The summed E-state index contributed by atoms with van der Waals surface area (Å²) in [5.74, 6) is 2.08. The van der Waals surface area contributed by atoms with E-state index in [4.69, 9.17) is 9.72 Å². The number of thiazole rings is 1. The van der Waals surface area contributed by atoms with Crippen LogP contribution < -0.4 is 4.74 Å². The monoisotopic (exact) mass is 427 g/mol. The van der Waals surface area contributed by atoms with Gasteiger partial charge in [-0.3, -0.25) is 0 Å². The summed E-state index contributed by atoms with van der Waals surface area (Å²) in [6.45, 7) is 11.8. The fourth-order valence-electron chi connectivity index (χ4n) is 3.61. The molecule has 0 saturated carbocycles. The molecular formula is C23H33N5OS. The highest BCUT2D eigenvalue weighted by Gasteiger charge is 2.21. The van der Waals surface area contributed by atoms with Crippen LogP contribution in [0.2, 0.25) is 0 Å². The first-order valence-corrected chi connectivity index (χ1v) is 11.6. The van der Waals surface area contributed by atoms with Crippen molar-refractivity contribution in [2.75, 3.05) is 7.11 Å². The zero-order valence-electron chi connectivity index (χ0n) is 19.0. The van der Waals surface area contributed by atoms with Crippen LogP contribution in [0.5, 0.6) is 5.75 Å². The van der Waals surface area contributed by atoms with E-state index in [1.165, 1.54) is 16.3 Å². The van der Waals surface area contributed by atoms with Gasteiger partial charge in [0.05, 0.1) is 24.4 Å². The molecule has 0 spiro atoms. The van der Waals surface area contributed by atoms with E-state index >= 15 is 0 Å². The quantitative estimate of drug-likeness (QED) is 0.425. The van der Waals surface area contributed by atoms with Crippen molar-refractivity contribution in [3.8, 4) is 17.1 Å². The van der Waals surface area contributed by atoms with Gasteiger partial charge in [0.1, 0.15) is 5.75 Å². The summed E-state index contributed by atoms with van der Waals surface area (Å²) in [6, 6.07) is 6.14. The minimum atomic E-state index is 0.207. The van der Waals surface area contributed by atoms with Crippen LogP contribution >= 0.6 is 11.3 Å². The number of hydrogen-bond donors (Lipinski definition) is 0. The Kier molecular flexibility index (Phi) is 7.23. The van der Waals surface area contributed by atoms with E-state index in [9.17, 15) is 0 Å². The SMILES string of the molecule is CCn1nnc(-c2ccc(OC)c(CCCC(C)(C)Cc3csc(C(C)C)n3)c2)n1. The molecule has 0 saturated heterocycles. The molecule has 0 unspecified atom stereocenters. The third-order valence-electron chi connectivity index (χ3n) is 5.30. The Morgan fingerprint density at radius 1 is 1.23 bits per heavy atom. The van der Waals surface area contributed by atoms with E-state index in [1.54, 1.807) is 23.2 Å². The first kappa shape index (κ1) is 22.4. The Balaban J connectivity index is 1.64. The van der Waals surface area contributed by atoms with Gasteiger partial charge in [-0.2, -0.15) is 4.80 Å². The molecular weight excluding hydrogens is 394 g/mol. The molecule has 0 bridgehead atoms. The van der Waals surface area contributed by atoms with Crippen LogP contribution in [0.15, 0.2) is 23.6 Å². The maximum atomic E-state index is 5.60. The van der Waals surface area contributed by atoms with E-state index in [0.29, 0.717) is 18.3 Å². The number of nitrogens with zero attached hydrogens (tertiary/aromatic N) is 5. The molecule has 162 valence electrons. The van der Waals surface area contributed by atoms with E-state index in [2.05, 4.69) is 54.6 Å². The topological polar surface area (TPSA) is 65.7 Å². The first-order chi connectivity index (χ1) is 14.3. The fraction of sp³-hybridized carbons (Fsp3) is 0.565. The molecule has 0 radical (unpaired) electrons. The van der Waals surface area contributed by atoms with Gasteiger partial charge in [-0.05, 0) is 67.0 Å². The third-order valence-corrected chi connectivity index (χ3v) is 6.49. The first-order valence-electron chi connectivity index (χ1n) is 10.7. The van der Waals surface area contributed by atoms with Crippen molar-refractivity contribution < 1.29 is 4.74 Å². The van der Waals surface area contributed by atoms with Crippen molar-refractivity contribution in [2.24, 2.45) is 5.41 Å². The Labute approximate surface area is 183 Å². The van der Waals surface area contributed by atoms with Crippen molar-refractivity contribution in [1.29, 1.82) is 0 Å². The van der Waals surface area contributed by atoms with Crippen LogP contribution in [0, 0.1) is 5.41 Å². The summed E-state index contributed by atoms with van der Waals surface area (Å²) in [4.78, 5) is 6.42. The predicted octanol–water partition coefficient (Wildman–Crippen LogP) is 5.54. The van der Waals surface area contributed by atoms with Gasteiger partial charge < -0.3 is 4.74 Å². The van der Waals surface area contributed by atoms with Crippen molar-refractivity contribution in [2.45, 2.75) is 72.8 Å². The summed E-state index contributed by atoms with van der Waals surface area (Å²) in [6.07, 6.45) is 4.18. The standard InChI is InChI=1S/C23H33N5OS/c1-7-28-26-21(25-27-28)18-10-11-20(29-6)17(13-18)9-8-12-23(4,5)14-19-15-30-22(24-19)16(2)3/h10-11,13,15-16H,7-9,12,14H2,1-6H3. The summed E-state index contributed by atoms with van der Waals surface area (Å²) < 4.78 is 5.60. The molecule has 7 heteroatoms. The molecule has 6 nitrogen and oxygen atoms in total. The third kappa shape index (κ3) is 5.65. The highest BCUT2D eigenvalue weighted by atomic mass is 32.1. The second-order valence-corrected chi connectivity index (χ2v) is 9.74. The minimum Gasteiger partial charge on any atom is -0.496 e. The largest absolute Gasteiger partial charge is 0.496 e. The number of ether oxygens (including phenoxy) is 1. The van der Waals surface area contributed by atoms with Crippen molar-refractivity contribution >= 4 is 11.3 Å². The van der Waals surface area contributed by atoms with Crippen LogP contribution in [-0.2, 0) is 19.4 Å². The number of rotatable bonds is 10. The fourth-order valence-corrected chi connectivity index (χ4v) is 4.45. The molecule has 0 atom stereocenters. The molecule has 3 aromatic rings. The molecule has 0 N–H and O–H groups in total.